The van der Waals surface area contributed by atoms with Gasteiger partial charge in [-0.05, 0) is 32.9 Å². The Labute approximate surface area is 127 Å². The normalized spacial score (nSPS) is 12.0. The lowest BCUT2D eigenvalue weighted by molar-refractivity contribution is -0.127. The molecule has 5 nitrogen and oxygen atoms in total. The van der Waals surface area contributed by atoms with E-state index in [-0.39, 0.29) is 5.91 Å². The summed E-state index contributed by atoms with van der Waals surface area (Å²) in [5.74, 6) is 0.677. The fourth-order valence-corrected chi connectivity index (χ4v) is 2.01. The highest BCUT2D eigenvalue weighted by molar-refractivity contribution is 5.80. The summed E-state index contributed by atoms with van der Waals surface area (Å²) in [5.41, 5.74) is 2.08. The van der Waals surface area contributed by atoms with E-state index in [4.69, 9.17) is 9.47 Å². The first-order valence-corrected chi connectivity index (χ1v) is 7.26. The van der Waals surface area contributed by atoms with Crippen LogP contribution in [0.2, 0.25) is 0 Å². The number of carbonyl (C=O) groups excluding carboxylic acids is 1. The first-order valence-electron chi connectivity index (χ1n) is 7.26. The molecule has 0 heterocycles. The van der Waals surface area contributed by atoms with Gasteiger partial charge in [-0.25, -0.2) is 0 Å². The van der Waals surface area contributed by atoms with Crippen LogP contribution in [0.15, 0.2) is 18.2 Å². The zero-order valence-electron chi connectivity index (χ0n) is 13.4. The van der Waals surface area contributed by atoms with Gasteiger partial charge >= 0.3 is 0 Å². The van der Waals surface area contributed by atoms with Crippen LogP contribution >= 0.6 is 0 Å². The van der Waals surface area contributed by atoms with Gasteiger partial charge in [-0.15, -0.1) is 0 Å². The van der Waals surface area contributed by atoms with Crippen molar-refractivity contribution in [2.45, 2.75) is 32.9 Å². The number of aryl methyl sites for hydroxylation is 1. The maximum absolute atomic E-state index is 12.0. The van der Waals surface area contributed by atoms with Crippen LogP contribution in [0.3, 0.4) is 0 Å². The molecule has 1 aromatic rings. The zero-order valence-corrected chi connectivity index (χ0v) is 13.4. The fraction of sp³-hybridized carbons (Fsp3) is 0.562. The molecule has 1 atom stereocenters. The molecule has 0 spiro atoms. The van der Waals surface area contributed by atoms with Crippen LogP contribution < -0.4 is 15.4 Å². The smallest absolute Gasteiger partial charge is 0.260 e. The minimum absolute atomic E-state index is 0.107. The number of para-hydroxylation sites is 1. The maximum atomic E-state index is 12.0. The molecule has 21 heavy (non-hydrogen) atoms. The Kier molecular flexibility index (Phi) is 7.79. The predicted molar refractivity (Wildman–Crippen MR) is 83.5 cm³/mol. The van der Waals surface area contributed by atoms with E-state index in [9.17, 15) is 4.79 Å². The Hall–Kier alpha value is -1.59. The first kappa shape index (κ1) is 17.5. The van der Waals surface area contributed by atoms with Crippen LogP contribution in [0.1, 0.15) is 24.5 Å². The van der Waals surface area contributed by atoms with Gasteiger partial charge < -0.3 is 20.1 Å². The molecule has 0 fully saturated rings. The number of hydrogen-bond acceptors (Lipinski definition) is 4. The van der Waals surface area contributed by atoms with Crippen molar-refractivity contribution in [1.29, 1.82) is 0 Å². The second-order valence-corrected chi connectivity index (χ2v) is 4.99. The molecule has 0 aliphatic rings. The number of benzene rings is 1. The Morgan fingerprint density at radius 2 is 2.14 bits per heavy atom. The average molecular weight is 294 g/mol. The SMILES string of the molecule is CNCc1cccc(C)c1OC(C)C(=O)NCCCOC. The van der Waals surface area contributed by atoms with E-state index in [0.29, 0.717) is 19.7 Å². The first-order chi connectivity index (χ1) is 10.1. The Morgan fingerprint density at radius 3 is 2.81 bits per heavy atom. The summed E-state index contributed by atoms with van der Waals surface area (Å²) in [6, 6.07) is 5.98. The number of carbonyl (C=O) groups is 1. The largest absolute Gasteiger partial charge is 0.480 e. The van der Waals surface area contributed by atoms with Gasteiger partial charge in [0, 0.05) is 32.4 Å². The van der Waals surface area contributed by atoms with E-state index >= 15 is 0 Å². The third-order valence-corrected chi connectivity index (χ3v) is 3.15. The van der Waals surface area contributed by atoms with Crippen molar-refractivity contribution in [2.75, 3.05) is 27.3 Å². The monoisotopic (exact) mass is 294 g/mol. The minimum atomic E-state index is -0.524. The quantitative estimate of drug-likeness (QED) is 0.680. The van der Waals surface area contributed by atoms with Crippen LogP contribution in [-0.4, -0.2) is 39.3 Å². The fourth-order valence-electron chi connectivity index (χ4n) is 2.01. The molecule has 1 amide bonds. The summed E-state index contributed by atoms with van der Waals surface area (Å²) >= 11 is 0. The van der Waals surface area contributed by atoms with E-state index in [1.54, 1.807) is 14.0 Å². The Bertz CT molecular complexity index is 449. The number of amides is 1. The van der Waals surface area contributed by atoms with Gasteiger partial charge in [-0.3, -0.25) is 4.79 Å². The molecule has 0 bridgehead atoms. The van der Waals surface area contributed by atoms with Gasteiger partial charge in [0.05, 0.1) is 0 Å². The number of ether oxygens (including phenoxy) is 2. The molecule has 5 heteroatoms. The lowest BCUT2D eigenvalue weighted by Crippen LogP contribution is -2.37. The van der Waals surface area contributed by atoms with Crippen molar-refractivity contribution < 1.29 is 14.3 Å². The third kappa shape index (κ3) is 5.73. The molecule has 0 saturated heterocycles. The summed E-state index contributed by atoms with van der Waals surface area (Å²) in [7, 11) is 3.53. The predicted octanol–water partition coefficient (Wildman–Crippen LogP) is 1.63. The molecule has 1 aromatic carbocycles. The van der Waals surface area contributed by atoms with Crippen LogP contribution in [0.5, 0.6) is 5.75 Å². The highest BCUT2D eigenvalue weighted by Crippen LogP contribution is 2.24. The summed E-state index contributed by atoms with van der Waals surface area (Å²) < 4.78 is 10.8. The van der Waals surface area contributed by atoms with Crippen molar-refractivity contribution in [3.63, 3.8) is 0 Å². The topological polar surface area (TPSA) is 59.6 Å². The van der Waals surface area contributed by atoms with Crippen molar-refractivity contribution in [1.82, 2.24) is 10.6 Å². The molecular weight excluding hydrogens is 268 g/mol. The van der Waals surface area contributed by atoms with Gasteiger partial charge in [-0.2, -0.15) is 0 Å². The van der Waals surface area contributed by atoms with Crippen LogP contribution in [-0.2, 0) is 16.1 Å². The van der Waals surface area contributed by atoms with Crippen molar-refractivity contribution in [2.24, 2.45) is 0 Å². The Morgan fingerprint density at radius 1 is 1.38 bits per heavy atom. The summed E-state index contributed by atoms with van der Waals surface area (Å²) in [4.78, 5) is 12.0. The molecule has 0 saturated carbocycles. The van der Waals surface area contributed by atoms with E-state index in [2.05, 4.69) is 10.6 Å². The van der Waals surface area contributed by atoms with E-state index in [1.807, 2.05) is 32.2 Å². The van der Waals surface area contributed by atoms with E-state index in [1.165, 1.54) is 0 Å². The second kappa shape index (κ2) is 9.37. The zero-order chi connectivity index (χ0) is 15.7. The molecule has 0 aromatic heterocycles. The molecule has 118 valence electrons. The van der Waals surface area contributed by atoms with E-state index < -0.39 is 6.10 Å². The molecule has 0 aliphatic heterocycles. The number of methoxy groups -OCH3 is 1. The van der Waals surface area contributed by atoms with Crippen LogP contribution in [0, 0.1) is 6.92 Å². The van der Waals surface area contributed by atoms with Gasteiger partial charge in [-0.1, -0.05) is 18.2 Å². The average Bonchev–Trinajstić information content (AvgIpc) is 2.47. The molecule has 1 unspecified atom stereocenters. The number of nitrogens with one attached hydrogen (secondary N) is 2. The van der Waals surface area contributed by atoms with Gasteiger partial charge in [0.15, 0.2) is 6.10 Å². The van der Waals surface area contributed by atoms with Gasteiger partial charge in [0.1, 0.15) is 5.75 Å². The van der Waals surface area contributed by atoms with Crippen molar-refractivity contribution >= 4 is 5.91 Å². The van der Waals surface area contributed by atoms with Gasteiger partial charge in [0.25, 0.3) is 5.91 Å². The molecule has 0 aliphatic carbocycles. The molecule has 2 N–H and O–H groups in total. The maximum Gasteiger partial charge on any atom is 0.260 e. The number of rotatable bonds is 9. The lowest BCUT2D eigenvalue weighted by Gasteiger charge is -2.19. The molecular formula is C16H26N2O3. The number of hydrogen-bond donors (Lipinski definition) is 2. The van der Waals surface area contributed by atoms with Crippen LogP contribution in [0.4, 0.5) is 0 Å². The summed E-state index contributed by atoms with van der Waals surface area (Å²) in [6.07, 6.45) is 0.272. The standard InChI is InChI=1S/C16H26N2O3/c1-12-7-5-8-14(11-17-3)15(12)21-13(2)16(19)18-9-6-10-20-4/h5,7-8,13,17H,6,9-11H2,1-4H3,(H,18,19). The molecule has 1 rings (SSSR count). The minimum Gasteiger partial charge on any atom is -0.480 e. The summed E-state index contributed by atoms with van der Waals surface area (Å²) in [6.45, 7) is 5.69. The summed E-state index contributed by atoms with van der Waals surface area (Å²) in [5, 5.41) is 5.96. The van der Waals surface area contributed by atoms with Crippen LogP contribution in [0.25, 0.3) is 0 Å². The highest BCUT2D eigenvalue weighted by atomic mass is 16.5. The second-order valence-electron chi connectivity index (χ2n) is 4.99. The molecule has 0 radical (unpaired) electrons. The van der Waals surface area contributed by atoms with Crippen molar-refractivity contribution in [3.05, 3.63) is 29.3 Å². The Balaban J connectivity index is 2.61. The van der Waals surface area contributed by atoms with Gasteiger partial charge in [0.2, 0.25) is 0 Å². The lowest BCUT2D eigenvalue weighted by atomic mass is 10.1. The highest BCUT2D eigenvalue weighted by Gasteiger charge is 2.17. The van der Waals surface area contributed by atoms with Crippen molar-refractivity contribution in [3.8, 4) is 5.75 Å². The van der Waals surface area contributed by atoms with E-state index in [0.717, 1.165) is 23.3 Å². The third-order valence-electron chi connectivity index (χ3n) is 3.15.